The molecule has 0 saturated heterocycles. The average molecular weight is 366 g/mol. The van der Waals surface area contributed by atoms with Crippen molar-refractivity contribution < 1.29 is 4.79 Å². The number of nitrogens with two attached hydrogens (primary N) is 2. The molecule has 2 aromatic rings. The molecule has 21 heavy (non-hydrogen) atoms. The van der Waals surface area contributed by atoms with E-state index in [9.17, 15) is 4.79 Å². The van der Waals surface area contributed by atoms with Crippen LogP contribution in [0.4, 0.5) is 17.1 Å². The molecule has 5 nitrogen and oxygen atoms in total. The Bertz CT molecular complexity index is 770. The van der Waals surface area contributed by atoms with Gasteiger partial charge in [0.05, 0.1) is 33.6 Å². The first kappa shape index (κ1) is 15.2. The molecule has 0 aliphatic carbocycles. The summed E-state index contributed by atoms with van der Waals surface area (Å²) < 4.78 is 0.657. The number of benzene rings is 2. The molecule has 0 saturated carbocycles. The van der Waals surface area contributed by atoms with E-state index < -0.39 is 5.91 Å². The average Bonchev–Trinajstić information content (AvgIpc) is 2.42. The maximum Gasteiger partial charge on any atom is 0.250 e. The Balaban J connectivity index is 2.49. The number of carbonyl (C=O) groups is 1. The number of halogens is 2. The molecule has 1 amide bonds. The number of carbonyl (C=O) groups excluding carboxylic acids is 1. The van der Waals surface area contributed by atoms with Gasteiger partial charge in [-0.2, -0.15) is 5.26 Å². The van der Waals surface area contributed by atoms with E-state index in [0.717, 1.165) is 0 Å². The molecule has 0 atom stereocenters. The standard InChI is InChI=1S/C14H10BrClN4O/c15-10-3-7(6-17)1-2-12(10)20-13-9(14(19)21)4-8(18)5-11(13)16/h1-5,20H,18H2,(H2,19,21). The number of anilines is 3. The van der Waals surface area contributed by atoms with Crippen LogP contribution >= 0.6 is 27.5 Å². The molecule has 0 heterocycles. The second-order valence-corrected chi connectivity index (χ2v) is 5.48. The number of primary amides is 1. The zero-order valence-corrected chi connectivity index (χ0v) is 13.0. The predicted octanol–water partition coefficient (Wildman–Crippen LogP) is 3.40. The molecule has 2 rings (SSSR count). The number of nitrogen functional groups attached to an aromatic ring is 1. The van der Waals surface area contributed by atoms with Crippen molar-refractivity contribution in [2.24, 2.45) is 5.73 Å². The van der Waals surface area contributed by atoms with E-state index in [1.807, 2.05) is 6.07 Å². The molecule has 2 aromatic carbocycles. The summed E-state index contributed by atoms with van der Waals surface area (Å²) in [6, 6.07) is 9.99. The topological polar surface area (TPSA) is 105 Å². The van der Waals surface area contributed by atoms with Crippen LogP contribution in [-0.2, 0) is 0 Å². The monoisotopic (exact) mass is 364 g/mol. The Hall–Kier alpha value is -2.23. The van der Waals surface area contributed by atoms with Crippen LogP contribution in [0.3, 0.4) is 0 Å². The minimum atomic E-state index is -0.642. The first-order valence-corrected chi connectivity index (χ1v) is 6.95. The summed E-state index contributed by atoms with van der Waals surface area (Å²) >= 11 is 9.47. The van der Waals surface area contributed by atoms with E-state index in [0.29, 0.717) is 27.1 Å². The lowest BCUT2D eigenvalue weighted by Crippen LogP contribution is -2.14. The van der Waals surface area contributed by atoms with Crippen molar-refractivity contribution in [3.63, 3.8) is 0 Å². The van der Waals surface area contributed by atoms with Gasteiger partial charge < -0.3 is 16.8 Å². The second-order valence-electron chi connectivity index (χ2n) is 4.22. The molecule has 0 unspecified atom stereocenters. The molecule has 0 bridgehead atoms. The van der Waals surface area contributed by atoms with E-state index in [1.54, 1.807) is 18.2 Å². The van der Waals surface area contributed by atoms with Crippen molar-refractivity contribution in [1.29, 1.82) is 5.26 Å². The summed E-state index contributed by atoms with van der Waals surface area (Å²) in [6.45, 7) is 0. The summed E-state index contributed by atoms with van der Waals surface area (Å²) in [7, 11) is 0. The van der Waals surface area contributed by atoms with Crippen molar-refractivity contribution in [1.82, 2.24) is 0 Å². The molecule has 5 N–H and O–H groups in total. The van der Waals surface area contributed by atoms with Crippen molar-refractivity contribution >= 4 is 50.5 Å². The minimum absolute atomic E-state index is 0.191. The summed E-state index contributed by atoms with van der Waals surface area (Å²) in [4.78, 5) is 11.5. The smallest absolute Gasteiger partial charge is 0.250 e. The highest BCUT2D eigenvalue weighted by atomic mass is 79.9. The van der Waals surface area contributed by atoms with Gasteiger partial charge in [0.2, 0.25) is 0 Å². The van der Waals surface area contributed by atoms with Crippen molar-refractivity contribution in [3.05, 3.63) is 51.0 Å². The fraction of sp³-hybridized carbons (Fsp3) is 0. The molecule has 0 aliphatic rings. The summed E-state index contributed by atoms with van der Waals surface area (Å²) in [6.07, 6.45) is 0. The van der Waals surface area contributed by atoms with Crippen LogP contribution in [0.5, 0.6) is 0 Å². The number of hydrogen-bond acceptors (Lipinski definition) is 4. The Morgan fingerprint density at radius 2 is 2.05 bits per heavy atom. The summed E-state index contributed by atoms with van der Waals surface area (Å²) in [5.41, 5.74) is 13.1. The van der Waals surface area contributed by atoms with Gasteiger partial charge in [-0.05, 0) is 46.3 Å². The first-order valence-electron chi connectivity index (χ1n) is 5.78. The van der Waals surface area contributed by atoms with Crippen LogP contribution in [0.2, 0.25) is 5.02 Å². The minimum Gasteiger partial charge on any atom is -0.399 e. The van der Waals surface area contributed by atoms with Crippen molar-refractivity contribution in [2.45, 2.75) is 0 Å². The van der Waals surface area contributed by atoms with E-state index in [2.05, 4.69) is 21.2 Å². The third-order valence-electron chi connectivity index (χ3n) is 2.74. The van der Waals surface area contributed by atoms with Gasteiger partial charge in [-0.3, -0.25) is 4.79 Å². The lowest BCUT2D eigenvalue weighted by molar-refractivity contribution is 0.100. The van der Waals surface area contributed by atoms with Crippen LogP contribution in [0.1, 0.15) is 15.9 Å². The SMILES string of the molecule is N#Cc1ccc(Nc2c(Cl)cc(N)cc2C(N)=O)c(Br)c1. The third-order valence-corrected chi connectivity index (χ3v) is 3.69. The number of hydrogen-bond donors (Lipinski definition) is 3. The molecule has 106 valence electrons. The van der Waals surface area contributed by atoms with Crippen LogP contribution in [-0.4, -0.2) is 5.91 Å². The highest BCUT2D eigenvalue weighted by Gasteiger charge is 2.14. The number of nitriles is 1. The van der Waals surface area contributed by atoms with Crippen LogP contribution in [0.25, 0.3) is 0 Å². The van der Waals surface area contributed by atoms with Gasteiger partial charge in [-0.15, -0.1) is 0 Å². The number of rotatable bonds is 3. The molecule has 0 aliphatic heterocycles. The van der Waals surface area contributed by atoms with Crippen molar-refractivity contribution in [2.75, 3.05) is 11.1 Å². The Labute approximate surface area is 134 Å². The van der Waals surface area contributed by atoms with Gasteiger partial charge in [0.25, 0.3) is 5.91 Å². The lowest BCUT2D eigenvalue weighted by atomic mass is 10.1. The van der Waals surface area contributed by atoms with Gasteiger partial charge in [-0.25, -0.2) is 0 Å². The fourth-order valence-corrected chi connectivity index (χ4v) is 2.52. The Morgan fingerprint density at radius 1 is 1.33 bits per heavy atom. The van der Waals surface area contributed by atoms with Gasteiger partial charge in [0, 0.05) is 10.2 Å². The van der Waals surface area contributed by atoms with E-state index in [1.165, 1.54) is 12.1 Å². The first-order chi connectivity index (χ1) is 9.92. The zero-order chi connectivity index (χ0) is 15.6. The van der Waals surface area contributed by atoms with Crippen LogP contribution in [0, 0.1) is 11.3 Å². The third kappa shape index (κ3) is 3.27. The maximum absolute atomic E-state index is 11.5. The molecular weight excluding hydrogens is 356 g/mol. The quantitative estimate of drug-likeness (QED) is 0.725. The number of nitrogens with one attached hydrogen (secondary N) is 1. The predicted molar refractivity (Wildman–Crippen MR) is 86.5 cm³/mol. The highest BCUT2D eigenvalue weighted by molar-refractivity contribution is 9.10. The largest absolute Gasteiger partial charge is 0.399 e. The van der Waals surface area contributed by atoms with E-state index in [4.69, 9.17) is 28.3 Å². The van der Waals surface area contributed by atoms with Gasteiger partial charge in [0.1, 0.15) is 0 Å². The van der Waals surface area contributed by atoms with Crippen LogP contribution in [0.15, 0.2) is 34.8 Å². The normalized spacial score (nSPS) is 9.95. The Morgan fingerprint density at radius 3 is 2.62 bits per heavy atom. The summed E-state index contributed by atoms with van der Waals surface area (Å²) in [5.74, 6) is -0.642. The second kappa shape index (κ2) is 6.04. The van der Waals surface area contributed by atoms with Gasteiger partial charge in [0.15, 0.2) is 0 Å². The van der Waals surface area contributed by atoms with Crippen LogP contribution < -0.4 is 16.8 Å². The molecule has 0 aromatic heterocycles. The summed E-state index contributed by atoms with van der Waals surface area (Å²) in [5, 5.41) is 12.1. The molecular formula is C14H10BrClN4O. The maximum atomic E-state index is 11.5. The van der Waals surface area contributed by atoms with Crippen molar-refractivity contribution in [3.8, 4) is 6.07 Å². The van der Waals surface area contributed by atoms with E-state index >= 15 is 0 Å². The number of nitrogens with zero attached hydrogens (tertiary/aromatic N) is 1. The van der Waals surface area contributed by atoms with Gasteiger partial charge >= 0.3 is 0 Å². The molecule has 0 radical (unpaired) electrons. The number of amides is 1. The molecule has 0 fully saturated rings. The molecule has 7 heteroatoms. The molecule has 0 spiro atoms. The van der Waals surface area contributed by atoms with Gasteiger partial charge in [-0.1, -0.05) is 11.6 Å². The Kier molecular flexibility index (Phi) is 4.36. The highest BCUT2D eigenvalue weighted by Crippen LogP contribution is 2.34. The van der Waals surface area contributed by atoms with E-state index in [-0.39, 0.29) is 10.6 Å². The zero-order valence-electron chi connectivity index (χ0n) is 10.7. The lowest BCUT2D eigenvalue weighted by Gasteiger charge is -2.14. The fourth-order valence-electron chi connectivity index (χ4n) is 1.77.